The van der Waals surface area contributed by atoms with Gasteiger partial charge in [0.2, 0.25) is 0 Å². The third-order valence-electron chi connectivity index (χ3n) is 1.12. The Hall–Kier alpha value is 0.274. The van der Waals surface area contributed by atoms with Gasteiger partial charge in [0.1, 0.15) is 10.5 Å². The molecule has 0 bridgehead atoms. The van der Waals surface area contributed by atoms with Crippen molar-refractivity contribution < 1.29 is 17.7 Å². The van der Waals surface area contributed by atoms with Gasteiger partial charge in [0.15, 0.2) is 0 Å². The first-order chi connectivity index (χ1) is 6.41. The van der Waals surface area contributed by atoms with E-state index in [0.29, 0.717) is 0 Å². The maximum absolute atomic E-state index is 5.43. The molecule has 0 N–H and O–H groups in total. The molecular formula is C8H24O4Si2. The van der Waals surface area contributed by atoms with E-state index in [2.05, 4.69) is 4.43 Å². The zero-order chi connectivity index (χ0) is 11.6. The molecule has 6 heteroatoms. The van der Waals surface area contributed by atoms with Crippen LogP contribution >= 0.6 is 0 Å². The molecule has 0 atom stereocenters. The van der Waals surface area contributed by atoms with Crippen LogP contribution in [0.25, 0.3) is 0 Å². The molecule has 0 saturated heterocycles. The predicted octanol–water partition coefficient (Wildman–Crippen LogP) is 0.115. The highest BCUT2D eigenvalue weighted by Gasteiger charge is 2.20. The third kappa shape index (κ3) is 14.8. The molecule has 4 nitrogen and oxygen atoms in total. The molecule has 0 fully saturated rings. The van der Waals surface area contributed by atoms with Crippen LogP contribution in [0.15, 0.2) is 0 Å². The van der Waals surface area contributed by atoms with E-state index in [1.807, 2.05) is 27.7 Å². The van der Waals surface area contributed by atoms with Gasteiger partial charge >= 0.3 is 9.53 Å². The van der Waals surface area contributed by atoms with Crippen molar-refractivity contribution >= 4 is 20.0 Å². The Kier molecular flexibility index (Phi) is 11.7. The lowest BCUT2D eigenvalue weighted by atomic mass is 10.2. The SMILES string of the molecule is CCO[SiH3].CO[SiH](OC)OC(C)(C)C. The summed E-state index contributed by atoms with van der Waals surface area (Å²) in [6, 6.07) is 0. The van der Waals surface area contributed by atoms with Gasteiger partial charge in [-0.05, 0) is 27.7 Å². The minimum absolute atomic E-state index is 0.164. The van der Waals surface area contributed by atoms with Gasteiger partial charge in [0.05, 0.1) is 5.60 Å². The molecule has 0 aliphatic heterocycles. The second-order valence-electron chi connectivity index (χ2n) is 3.57. The fraction of sp³-hybridized carbons (Fsp3) is 1.00. The van der Waals surface area contributed by atoms with E-state index in [-0.39, 0.29) is 5.60 Å². The monoisotopic (exact) mass is 240 g/mol. The largest absolute Gasteiger partial charge is 0.484 e. The fourth-order valence-electron chi connectivity index (χ4n) is 0.481. The zero-order valence-electron chi connectivity index (χ0n) is 10.4. The molecule has 0 aromatic carbocycles. The van der Waals surface area contributed by atoms with Gasteiger partial charge in [-0.1, -0.05) is 0 Å². The molecule has 0 amide bonds. The number of hydrogen-bond donors (Lipinski definition) is 0. The molecule has 0 rings (SSSR count). The van der Waals surface area contributed by atoms with Crippen molar-refractivity contribution in [1.82, 2.24) is 0 Å². The van der Waals surface area contributed by atoms with Gasteiger partial charge in [-0.25, -0.2) is 0 Å². The van der Waals surface area contributed by atoms with Crippen molar-refractivity contribution in [3.05, 3.63) is 0 Å². The molecular weight excluding hydrogens is 216 g/mol. The van der Waals surface area contributed by atoms with Crippen molar-refractivity contribution in [2.24, 2.45) is 0 Å². The van der Waals surface area contributed by atoms with Crippen LogP contribution in [-0.2, 0) is 17.7 Å². The maximum Gasteiger partial charge on any atom is 0.484 e. The van der Waals surface area contributed by atoms with Gasteiger partial charge in [-0.3, -0.25) is 0 Å². The molecule has 0 radical (unpaired) electrons. The average molecular weight is 240 g/mol. The van der Waals surface area contributed by atoms with Gasteiger partial charge in [0, 0.05) is 20.8 Å². The van der Waals surface area contributed by atoms with E-state index in [1.54, 1.807) is 14.2 Å². The Morgan fingerprint density at radius 2 is 1.50 bits per heavy atom. The Labute approximate surface area is 92.4 Å². The third-order valence-corrected chi connectivity index (χ3v) is 3.37. The molecule has 0 saturated carbocycles. The lowest BCUT2D eigenvalue weighted by Crippen LogP contribution is -2.34. The van der Waals surface area contributed by atoms with Gasteiger partial charge < -0.3 is 17.7 Å². The van der Waals surface area contributed by atoms with Crippen molar-refractivity contribution in [3.63, 3.8) is 0 Å². The van der Waals surface area contributed by atoms with E-state index < -0.39 is 9.53 Å². The summed E-state index contributed by atoms with van der Waals surface area (Å²) < 4.78 is 20.1. The summed E-state index contributed by atoms with van der Waals surface area (Å²) in [4.78, 5) is 0. The van der Waals surface area contributed by atoms with Gasteiger partial charge in [0.25, 0.3) is 0 Å². The van der Waals surface area contributed by atoms with Crippen molar-refractivity contribution in [2.45, 2.75) is 33.3 Å². The van der Waals surface area contributed by atoms with E-state index in [1.165, 1.54) is 0 Å². The van der Waals surface area contributed by atoms with E-state index in [9.17, 15) is 0 Å². The number of rotatable bonds is 4. The Bertz CT molecular complexity index is 110. The topological polar surface area (TPSA) is 36.9 Å². The van der Waals surface area contributed by atoms with Crippen LogP contribution in [0.5, 0.6) is 0 Å². The Morgan fingerprint density at radius 3 is 1.57 bits per heavy atom. The Balaban J connectivity index is 0. The minimum atomic E-state index is -1.82. The molecule has 0 aliphatic rings. The molecule has 0 unspecified atom stereocenters. The molecule has 0 spiro atoms. The van der Waals surface area contributed by atoms with Crippen LogP contribution in [-0.4, -0.2) is 46.4 Å². The first-order valence-corrected chi connectivity index (χ1v) is 6.86. The summed E-state index contributed by atoms with van der Waals surface area (Å²) >= 11 is 0. The minimum Gasteiger partial charge on any atom is -0.428 e. The maximum atomic E-state index is 5.43. The van der Waals surface area contributed by atoms with Crippen LogP contribution in [0.3, 0.4) is 0 Å². The summed E-state index contributed by atoms with van der Waals surface area (Å²) in [5, 5.41) is 0. The first-order valence-electron chi connectivity index (χ1n) is 4.63. The highest BCUT2D eigenvalue weighted by Crippen LogP contribution is 2.08. The van der Waals surface area contributed by atoms with Gasteiger partial charge in [-0.15, -0.1) is 0 Å². The summed E-state index contributed by atoms with van der Waals surface area (Å²) in [7, 11) is 2.28. The predicted molar refractivity (Wildman–Crippen MR) is 63.6 cm³/mol. The summed E-state index contributed by atoms with van der Waals surface area (Å²) in [5.41, 5.74) is -0.164. The Morgan fingerprint density at radius 1 is 1.14 bits per heavy atom. The number of hydrogen-bond acceptors (Lipinski definition) is 4. The zero-order valence-corrected chi connectivity index (χ0v) is 13.6. The molecule has 0 heterocycles. The lowest BCUT2D eigenvalue weighted by Gasteiger charge is -2.23. The highest BCUT2D eigenvalue weighted by atomic mass is 28.3. The van der Waals surface area contributed by atoms with Crippen LogP contribution in [0.1, 0.15) is 27.7 Å². The lowest BCUT2D eigenvalue weighted by molar-refractivity contribution is 0.0430. The van der Waals surface area contributed by atoms with Crippen molar-refractivity contribution in [3.8, 4) is 0 Å². The van der Waals surface area contributed by atoms with Crippen LogP contribution in [0, 0.1) is 0 Å². The van der Waals surface area contributed by atoms with Crippen LogP contribution in [0.4, 0.5) is 0 Å². The molecule has 0 aromatic heterocycles. The standard InChI is InChI=1S/C6H16O3Si.C2H8OSi/c1-6(2,3)9-10(7-4)8-5;1-2-3-4/h10H,1-5H3;2H2,1,4H3. The quantitative estimate of drug-likeness (QED) is 0.654. The molecule has 88 valence electrons. The van der Waals surface area contributed by atoms with Crippen LogP contribution < -0.4 is 0 Å². The summed E-state index contributed by atoms with van der Waals surface area (Å²) in [6.45, 7) is 8.81. The van der Waals surface area contributed by atoms with Crippen LogP contribution in [0.2, 0.25) is 0 Å². The normalized spacial score (nSPS) is 11.4. The molecule has 0 aromatic rings. The first kappa shape index (κ1) is 16.7. The van der Waals surface area contributed by atoms with E-state index in [0.717, 1.165) is 17.1 Å². The highest BCUT2D eigenvalue weighted by molar-refractivity contribution is 6.36. The van der Waals surface area contributed by atoms with Crippen molar-refractivity contribution in [1.29, 1.82) is 0 Å². The fourth-order valence-corrected chi connectivity index (χ4v) is 1.44. The smallest absolute Gasteiger partial charge is 0.428 e. The second-order valence-corrected chi connectivity index (χ2v) is 5.90. The summed E-state index contributed by atoms with van der Waals surface area (Å²) in [6.07, 6.45) is 0. The van der Waals surface area contributed by atoms with Crippen molar-refractivity contribution in [2.75, 3.05) is 20.8 Å². The summed E-state index contributed by atoms with van der Waals surface area (Å²) in [5.74, 6) is 0. The molecule has 0 aliphatic carbocycles. The molecule has 14 heavy (non-hydrogen) atoms. The second kappa shape index (κ2) is 9.81. The average Bonchev–Trinajstić information content (AvgIpc) is 2.13. The van der Waals surface area contributed by atoms with E-state index >= 15 is 0 Å². The van der Waals surface area contributed by atoms with E-state index in [4.69, 9.17) is 13.3 Å². The van der Waals surface area contributed by atoms with Gasteiger partial charge in [-0.2, -0.15) is 0 Å².